The Morgan fingerprint density at radius 3 is 2.90 bits per heavy atom. The molecule has 1 aliphatic heterocycles. The first kappa shape index (κ1) is 7.01. The van der Waals surface area contributed by atoms with E-state index in [2.05, 4.69) is 10.1 Å². The molecule has 1 heterocycles. The summed E-state index contributed by atoms with van der Waals surface area (Å²) in [6, 6.07) is -0.579. The number of nitrogens with one attached hydrogen (secondary N) is 1. The lowest BCUT2D eigenvalue weighted by Crippen LogP contribution is -2.35. The van der Waals surface area contributed by atoms with E-state index in [0.29, 0.717) is 6.41 Å². The van der Waals surface area contributed by atoms with Crippen LogP contribution >= 0.6 is 0 Å². The van der Waals surface area contributed by atoms with E-state index in [0.717, 1.165) is 0 Å². The van der Waals surface area contributed by atoms with Crippen molar-refractivity contribution in [3.8, 4) is 0 Å². The summed E-state index contributed by atoms with van der Waals surface area (Å²) in [5.41, 5.74) is 0. The van der Waals surface area contributed by atoms with E-state index in [1.807, 2.05) is 0 Å². The third-order valence-corrected chi connectivity index (χ3v) is 1.27. The molecule has 2 N–H and O–H groups in total. The molecular weight excluding hydrogens is 138 g/mol. The van der Waals surface area contributed by atoms with Crippen molar-refractivity contribution in [1.29, 1.82) is 0 Å². The number of aliphatic hydroxyl groups excluding tert-OH is 1. The molecule has 0 saturated carbocycles. The van der Waals surface area contributed by atoms with Gasteiger partial charge in [-0.2, -0.15) is 0 Å². The Kier molecular flexibility index (Phi) is 1.86. The highest BCUT2D eigenvalue weighted by Crippen LogP contribution is 2.11. The number of aliphatic hydroxyl groups is 1. The number of ether oxygens (including phenoxy) is 1. The average molecular weight is 145 g/mol. The van der Waals surface area contributed by atoms with Gasteiger partial charge < -0.3 is 15.2 Å². The summed E-state index contributed by atoms with van der Waals surface area (Å²) in [6.45, 7) is 0. The molecule has 1 amide bonds. The fraction of sp³-hybridized carbons (Fsp3) is 0.600. The lowest BCUT2D eigenvalue weighted by Gasteiger charge is -2.08. The third kappa shape index (κ3) is 1.24. The van der Waals surface area contributed by atoms with Gasteiger partial charge in [-0.15, -0.1) is 0 Å². The van der Waals surface area contributed by atoms with Crippen LogP contribution in [-0.4, -0.2) is 29.8 Å². The van der Waals surface area contributed by atoms with Gasteiger partial charge in [0.05, 0.1) is 6.42 Å². The van der Waals surface area contributed by atoms with Gasteiger partial charge in [0.15, 0.2) is 0 Å². The molecule has 1 saturated heterocycles. The topological polar surface area (TPSA) is 75.6 Å². The van der Waals surface area contributed by atoms with Crippen molar-refractivity contribution in [3.05, 3.63) is 0 Å². The first-order chi connectivity index (χ1) is 4.74. The van der Waals surface area contributed by atoms with Crippen molar-refractivity contribution in [2.45, 2.75) is 18.8 Å². The zero-order valence-electron chi connectivity index (χ0n) is 5.11. The van der Waals surface area contributed by atoms with Gasteiger partial charge >= 0.3 is 5.97 Å². The Labute approximate surface area is 57.0 Å². The summed E-state index contributed by atoms with van der Waals surface area (Å²) in [6.07, 6.45) is -0.715. The number of hydrogen-bond acceptors (Lipinski definition) is 4. The second-order valence-electron chi connectivity index (χ2n) is 1.98. The van der Waals surface area contributed by atoms with Crippen LogP contribution < -0.4 is 5.32 Å². The third-order valence-electron chi connectivity index (χ3n) is 1.27. The fourth-order valence-electron chi connectivity index (χ4n) is 0.774. The molecule has 0 aliphatic carbocycles. The molecule has 1 rings (SSSR count). The van der Waals surface area contributed by atoms with Gasteiger partial charge in [-0.1, -0.05) is 0 Å². The van der Waals surface area contributed by atoms with E-state index in [-0.39, 0.29) is 6.42 Å². The molecule has 5 heteroatoms. The van der Waals surface area contributed by atoms with Gasteiger partial charge in [-0.05, 0) is 0 Å². The van der Waals surface area contributed by atoms with Crippen LogP contribution in [0, 0.1) is 0 Å². The van der Waals surface area contributed by atoms with Gasteiger partial charge in [-0.3, -0.25) is 9.59 Å². The lowest BCUT2D eigenvalue weighted by atomic mass is 10.2. The SMILES string of the molecule is O=CN[C@H]1CC(=O)O[C@H]1O. The Balaban J connectivity index is 2.45. The standard InChI is InChI=1S/C5H7NO4/c7-2-6-3-1-4(8)10-5(3)9/h2-3,5,9H,1H2,(H,6,7)/t3-,5+/m0/s1. The molecule has 0 unspecified atom stereocenters. The molecule has 1 fully saturated rings. The van der Waals surface area contributed by atoms with Crippen molar-refractivity contribution < 1.29 is 19.4 Å². The molecule has 0 aromatic heterocycles. The minimum absolute atomic E-state index is 0.0416. The Bertz CT molecular complexity index is 158. The number of esters is 1. The monoisotopic (exact) mass is 145 g/mol. The molecule has 0 spiro atoms. The zero-order valence-corrected chi connectivity index (χ0v) is 5.11. The van der Waals surface area contributed by atoms with Crippen molar-refractivity contribution in [2.24, 2.45) is 0 Å². The molecule has 10 heavy (non-hydrogen) atoms. The number of amides is 1. The predicted octanol–water partition coefficient (Wildman–Crippen LogP) is -1.63. The second-order valence-corrected chi connectivity index (χ2v) is 1.98. The minimum atomic E-state index is -1.18. The first-order valence-corrected chi connectivity index (χ1v) is 2.81. The van der Waals surface area contributed by atoms with E-state index in [1.54, 1.807) is 0 Å². The van der Waals surface area contributed by atoms with Crippen LogP contribution in [0.4, 0.5) is 0 Å². The number of hydrogen-bond donors (Lipinski definition) is 2. The number of carbonyl (C=O) groups is 2. The maximum atomic E-state index is 10.4. The largest absolute Gasteiger partial charge is 0.434 e. The predicted molar refractivity (Wildman–Crippen MR) is 29.7 cm³/mol. The summed E-state index contributed by atoms with van der Waals surface area (Å²) in [5.74, 6) is -0.494. The van der Waals surface area contributed by atoms with Crippen LogP contribution in [0.2, 0.25) is 0 Å². The quantitative estimate of drug-likeness (QED) is 0.361. The molecule has 0 bridgehead atoms. The molecule has 1 aliphatic rings. The van der Waals surface area contributed by atoms with Crippen LogP contribution in [0.3, 0.4) is 0 Å². The van der Waals surface area contributed by atoms with E-state index < -0.39 is 18.3 Å². The highest BCUT2D eigenvalue weighted by molar-refractivity contribution is 5.73. The van der Waals surface area contributed by atoms with Gasteiger partial charge in [0.2, 0.25) is 12.7 Å². The fourth-order valence-corrected chi connectivity index (χ4v) is 0.774. The smallest absolute Gasteiger partial charge is 0.310 e. The van der Waals surface area contributed by atoms with Crippen LogP contribution in [0.15, 0.2) is 0 Å². The van der Waals surface area contributed by atoms with Crippen LogP contribution in [0.1, 0.15) is 6.42 Å². The normalized spacial score (nSPS) is 31.5. The van der Waals surface area contributed by atoms with Gasteiger partial charge in [-0.25, -0.2) is 0 Å². The summed E-state index contributed by atoms with van der Waals surface area (Å²) in [5, 5.41) is 11.1. The summed E-state index contributed by atoms with van der Waals surface area (Å²) in [7, 11) is 0. The lowest BCUT2D eigenvalue weighted by molar-refractivity contribution is -0.155. The van der Waals surface area contributed by atoms with Crippen molar-refractivity contribution in [3.63, 3.8) is 0 Å². The highest BCUT2D eigenvalue weighted by Gasteiger charge is 2.32. The molecule has 2 atom stereocenters. The van der Waals surface area contributed by atoms with Gasteiger partial charge in [0.1, 0.15) is 6.04 Å². The van der Waals surface area contributed by atoms with Crippen LogP contribution in [-0.2, 0) is 14.3 Å². The van der Waals surface area contributed by atoms with Crippen molar-refractivity contribution in [2.75, 3.05) is 0 Å². The zero-order chi connectivity index (χ0) is 7.56. The Morgan fingerprint density at radius 2 is 2.50 bits per heavy atom. The van der Waals surface area contributed by atoms with E-state index in [4.69, 9.17) is 5.11 Å². The van der Waals surface area contributed by atoms with E-state index in [9.17, 15) is 9.59 Å². The summed E-state index contributed by atoms with van der Waals surface area (Å²) < 4.78 is 4.32. The molecule has 56 valence electrons. The van der Waals surface area contributed by atoms with Crippen molar-refractivity contribution in [1.82, 2.24) is 5.32 Å². The minimum Gasteiger partial charge on any atom is -0.434 e. The average Bonchev–Trinajstić information content (AvgIpc) is 2.13. The molecular formula is C5H7NO4. The van der Waals surface area contributed by atoms with Crippen molar-refractivity contribution >= 4 is 12.4 Å². The summed E-state index contributed by atoms with van der Waals surface area (Å²) >= 11 is 0. The van der Waals surface area contributed by atoms with Gasteiger partial charge in [0, 0.05) is 0 Å². The maximum Gasteiger partial charge on any atom is 0.310 e. The van der Waals surface area contributed by atoms with E-state index >= 15 is 0 Å². The number of cyclic esters (lactones) is 1. The first-order valence-electron chi connectivity index (χ1n) is 2.81. The molecule has 0 aromatic carbocycles. The second kappa shape index (κ2) is 2.66. The number of rotatable bonds is 2. The Morgan fingerprint density at radius 1 is 1.80 bits per heavy atom. The molecule has 0 aromatic rings. The van der Waals surface area contributed by atoms with Crippen LogP contribution in [0.5, 0.6) is 0 Å². The maximum absolute atomic E-state index is 10.4. The molecule has 5 nitrogen and oxygen atoms in total. The Hall–Kier alpha value is -1.10. The summed E-state index contributed by atoms with van der Waals surface area (Å²) in [4.78, 5) is 20.2. The number of carbonyl (C=O) groups excluding carboxylic acids is 2. The van der Waals surface area contributed by atoms with Gasteiger partial charge in [0.25, 0.3) is 0 Å². The highest BCUT2D eigenvalue weighted by atomic mass is 16.6. The molecule has 0 radical (unpaired) electrons. The van der Waals surface area contributed by atoms with Crippen LogP contribution in [0.25, 0.3) is 0 Å². The van der Waals surface area contributed by atoms with E-state index in [1.165, 1.54) is 0 Å².